The monoisotopic (exact) mass is 432 g/mol. The predicted octanol–water partition coefficient (Wildman–Crippen LogP) is 2.97. The van der Waals surface area contributed by atoms with Gasteiger partial charge in [0.25, 0.3) is 5.91 Å². The Bertz CT molecular complexity index is 1020. The molecule has 2 aromatic rings. The number of nitrogens with zero attached hydrogens (tertiary/aromatic N) is 2. The number of benzene rings is 2. The van der Waals surface area contributed by atoms with Crippen molar-refractivity contribution in [2.75, 3.05) is 25.0 Å². The van der Waals surface area contributed by atoms with E-state index in [4.69, 9.17) is 11.6 Å². The summed E-state index contributed by atoms with van der Waals surface area (Å²) in [5, 5.41) is 6.13. The molecule has 2 amide bonds. The molecule has 9 heteroatoms. The van der Waals surface area contributed by atoms with Crippen molar-refractivity contribution < 1.29 is 18.4 Å². The van der Waals surface area contributed by atoms with Gasteiger partial charge in [-0.15, -0.1) is 0 Å². The molecular formula is C21H19ClF2N4O2. The lowest BCUT2D eigenvalue weighted by molar-refractivity contribution is -0.119. The van der Waals surface area contributed by atoms with E-state index in [1.165, 1.54) is 6.07 Å². The first-order valence-electron chi connectivity index (χ1n) is 9.49. The molecule has 1 saturated heterocycles. The number of anilines is 1. The van der Waals surface area contributed by atoms with Gasteiger partial charge in [0, 0.05) is 48.3 Å². The summed E-state index contributed by atoms with van der Waals surface area (Å²) in [7, 11) is 0. The molecule has 2 N–H and O–H groups in total. The Balaban J connectivity index is 1.35. The van der Waals surface area contributed by atoms with E-state index < -0.39 is 17.3 Å². The highest BCUT2D eigenvalue weighted by atomic mass is 35.5. The number of hydrogen-bond donors (Lipinski definition) is 2. The zero-order valence-electron chi connectivity index (χ0n) is 15.9. The van der Waals surface area contributed by atoms with Crippen molar-refractivity contribution in [3.05, 3.63) is 64.7 Å². The molecule has 2 aromatic carbocycles. The van der Waals surface area contributed by atoms with Crippen molar-refractivity contribution in [3.8, 4) is 0 Å². The quantitative estimate of drug-likeness (QED) is 0.780. The Hall–Kier alpha value is -2.84. The third-order valence-electron chi connectivity index (χ3n) is 5.26. The fourth-order valence-electron chi connectivity index (χ4n) is 3.66. The summed E-state index contributed by atoms with van der Waals surface area (Å²) in [6.07, 6.45) is 1.13. The number of carbonyl (C=O) groups excluding carboxylic acids is 2. The first kappa shape index (κ1) is 20.4. The van der Waals surface area contributed by atoms with Gasteiger partial charge in [-0.3, -0.25) is 19.5 Å². The van der Waals surface area contributed by atoms with Crippen LogP contribution in [0.25, 0.3) is 0 Å². The first-order valence-corrected chi connectivity index (χ1v) is 9.87. The second kappa shape index (κ2) is 8.12. The molecule has 1 spiro atoms. The van der Waals surface area contributed by atoms with E-state index in [1.807, 2.05) is 4.90 Å². The van der Waals surface area contributed by atoms with Gasteiger partial charge >= 0.3 is 0 Å². The Kier molecular flexibility index (Phi) is 5.53. The second-order valence-electron chi connectivity index (χ2n) is 7.41. The molecule has 30 heavy (non-hydrogen) atoms. The third kappa shape index (κ3) is 4.34. The van der Waals surface area contributed by atoms with Crippen molar-refractivity contribution in [2.45, 2.75) is 18.5 Å². The second-order valence-corrected chi connectivity index (χ2v) is 7.84. The van der Waals surface area contributed by atoms with E-state index in [0.29, 0.717) is 42.2 Å². The van der Waals surface area contributed by atoms with Crippen molar-refractivity contribution >= 4 is 34.8 Å². The molecule has 2 aliphatic rings. The molecular weight excluding hydrogens is 414 g/mol. The van der Waals surface area contributed by atoms with Crippen LogP contribution in [-0.2, 0) is 9.59 Å². The molecule has 156 valence electrons. The summed E-state index contributed by atoms with van der Waals surface area (Å²) in [5.74, 6) is -2.52. The number of likely N-dealkylation sites (tertiary alicyclic amines) is 1. The molecule has 2 heterocycles. The molecule has 4 rings (SSSR count). The predicted molar refractivity (Wildman–Crippen MR) is 110 cm³/mol. The molecule has 6 nitrogen and oxygen atoms in total. The van der Waals surface area contributed by atoms with Gasteiger partial charge in [-0.25, -0.2) is 8.78 Å². The minimum absolute atomic E-state index is 0.108. The summed E-state index contributed by atoms with van der Waals surface area (Å²) < 4.78 is 26.3. The maximum Gasteiger partial charge on any atom is 0.272 e. The maximum absolute atomic E-state index is 13.3. The average Bonchev–Trinajstić information content (AvgIpc) is 3.03. The van der Waals surface area contributed by atoms with Crippen LogP contribution in [0, 0.1) is 11.6 Å². The Morgan fingerprint density at radius 2 is 1.83 bits per heavy atom. The zero-order chi connectivity index (χ0) is 21.3. The fourth-order valence-corrected chi connectivity index (χ4v) is 3.79. The summed E-state index contributed by atoms with van der Waals surface area (Å²) in [6, 6.07) is 10.2. The number of hydrogen-bond acceptors (Lipinski definition) is 4. The van der Waals surface area contributed by atoms with Crippen LogP contribution in [0.3, 0.4) is 0 Å². The lowest BCUT2D eigenvalue weighted by Crippen LogP contribution is -2.52. The number of piperidine rings is 1. The van der Waals surface area contributed by atoms with E-state index in [-0.39, 0.29) is 24.0 Å². The topological polar surface area (TPSA) is 73.8 Å². The number of carbonyl (C=O) groups is 2. The van der Waals surface area contributed by atoms with E-state index in [2.05, 4.69) is 15.6 Å². The Morgan fingerprint density at radius 3 is 2.50 bits per heavy atom. The van der Waals surface area contributed by atoms with Crippen LogP contribution in [0.1, 0.15) is 18.4 Å². The molecule has 2 aliphatic heterocycles. The van der Waals surface area contributed by atoms with Crippen molar-refractivity contribution in [3.63, 3.8) is 0 Å². The summed E-state index contributed by atoms with van der Waals surface area (Å²) in [4.78, 5) is 31.3. The van der Waals surface area contributed by atoms with Crippen LogP contribution in [0.2, 0.25) is 5.02 Å². The van der Waals surface area contributed by atoms with Gasteiger partial charge in [-0.05, 0) is 24.3 Å². The summed E-state index contributed by atoms with van der Waals surface area (Å²) in [6.45, 7) is 1.22. The van der Waals surface area contributed by atoms with E-state index in [9.17, 15) is 18.4 Å². The van der Waals surface area contributed by atoms with Crippen LogP contribution in [0.15, 0.2) is 47.5 Å². The fraction of sp³-hybridized carbons (Fsp3) is 0.286. The van der Waals surface area contributed by atoms with Gasteiger partial charge in [0.2, 0.25) is 5.91 Å². The van der Waals surface area contributed by atoms with Gasteiger partial charge in [-0.2, -0.15) is 0 Å². The van der Waals surface area contributed by atoms with E-state index in [1.54, 1.807) is 24.3 Å². The lowest BCUT2D eigenvalue weighted by Gasteiger charge is -2.36. The molecule has 0 bridgehead atoms. The molecule has 0 unspecified atom stereocenters. The molecule has 0 radical (unpaired) electrons. The number of halogens is 3. The largest absolute Gasteiger partial charge is 0.326 e. The highest BCUT2D eigenvalue weighted by molar-refractivity contribution is 6.47. The number of nitrogens with one attached hydrogen (secondary N) is 2. The van der Waals surface area contributed by atoms with Crippen LogP contribution in [0.4, 0.5) is 14.5 Å². The molecule has 1 fully saturated rings. The normalized spacial score (nSPS) is 18.2. The van der Waals surface area contributed by atoms with Crippen LogP contribution >= 0.6 is 11.6 Å². The van der Waals surface area contributed by atoms with Crippen molar-refractivity contribution in [1.29, 1.82) is 0 Å². The van der Waals surface area contributed by atoms with E-state index in [0.717, 1.165) is 12.1 Å². The Morgan fingerprint density at radius 1 is 1.13 bits per heavy atom. The maximum atomic E-state index is 13.3. The van der Waals surface area contributed by atoms with Crippen molar-refractivity contribution in [2.24, 2.45) is 4.99 Å². The number of rotatable bonds is 4. The van der Waals surface area contributed by atoms with Crippen LogP contribution < -0.4 is 10.6 Å². The standard InChI is InChI=1S/C21H19ClF2N4O2/c22-14-3-1-13(2-4-14)19-20(30)27-21(26-19)7-9-28(10-8-21)12-18(29)25-15-5-6-16(23)17(24)11-15/h1-6,11H,7-10,12H2,(H,25,29)(H,27,30). The molecule has 0 atom stereocenters. The van der Waals surface area contributed by atoms with Gasteiger partial charge in [0.05, 0.1) is 6.54 Å². The minimum atomic E-state index is -1.01. The molecule has 0 saturated carbocycles. The minimum Gasteiger partial charge on any atom is -0.326 e. The third-order valence-corrected chi connectivity index (χ3v) is 5.51. The van der Waals surface area contributed by atoms with Crippen LogP contribution in [0.5, 0.6) is 0 Å². The van der Waals surface area contributed by atoms with Crippen molar-refractivity contribution in [1.82, 2.24) is 10.2 Å². The average molecular weight is 433 g/mol. The van der Waals surface area contributed by atoms with Gasteiger partial charge < -0.3 is 10.6 Å². The highest BCUT2D eigenvalue weighted by Gasteiger charge is 2.42. The zero-order valence-corrected chi connectivity index (χ0v) is 16.7. The molecule has 0 aromatic heterocycles. The SMILES string of the molecule is O=C(CN1CCC2(CC1)N=C(c1ccc(Cl)cc1)C(=O)N2)Nc1ccc(F)c(F)c1. The number of aliphatic imine (C=N–C) groups is 1. The highest BCUT2D eigenvalue weighted by Crippen LogP contribution is 2.29. The Labute approximate surface area is 176 Å². The van der Waals surface area contributed by atoms with Gasteiger partial charge in [0.15, 0.2) is 11.6 Å². The van der Waals surface area contributed by atoms with Gasteiger partial charge in [-0.1, -0.05) is 23.7 Å². The lowest BCUT2D eigenvalue weighted by atomic mass is 9.98. The van der Waals surface area contributed by atoms with Gasteiger partial charge in [0.1, 0.15) is 11.4 Å². The first-order chi connectivity index (χ1) is 14.3. The summed E-state index contributed by atoms with van der Waals surface area (Å²) >= 11 is 5.91. The summed E-state index contributed by atoms with van der Waals surface area (Å²) in [5.41, 5.74) is 0.630. The number of amides is 2. The smallest absolute Gasteiger partial charge is 0.272 e. The van der Waals surface area contributed by atoms with E-state index >= 15 is 0 Å². The molecule has 0 aliphatic carbocycles. The van der Waals surface area contributed by atoms with Crippen LogP contribution in [-0.4, -0.2) is 47.7 Å².